The summed E-state index contributed by atoms with van der Waals surface area (Å²) >= 11 is 0. The van der Waals surface area contributed by atoms with Gasteiger partial charge in [-0.1, -0.05) is 12.1 Å². The van der Waals surface area contributed by atoms with Crippen LogP contribution >= 0.6 is 12.4 Å². The summed E-state index contributed by atoms with van der Waals surface area (Å²) in [6.07, 6.45) is 1.46. The predicted octanol–water partition coefficient (Wildman–Crippen LogP) is 3.54. The number of hydrogen-bond donors (Lipinski definition) is 1. The van der Waals surface area contributed by atoms with Gasteiger partial charge in [0, 0.05) is 18.7 Å². The highest BCUT2D eigenvalue weighted by atomic mass is 35.5. The number of rotatable bonds is 4. The maximum Gasteiger partial charge on any atom is 0.227 e. The molecular weight excluding hydrogens is 319 g/mol. The molecule has 4 nitrogen and oxygen atoms in total. The number of nitrogen functional groups attached to an aromatic ring is 1. The molecule has 0 aromatic heterocycles. The van der Waals surface area contributed by atoms with Crippen molar-refractivity contribution in [3.8, 4) is 5.75 Å². The summed E-state index contributed by atoms with van der Waals surface area (Å²) < 4.78 is 18.5. The molecule has 0 aliphatic carbocycles. The van der Waals surface area contributed by atoms with E-state index in [9.17, 15) is 9.18 Å². The molecule has 2 aromatic carbocycles. The minimum Gasteiger partial charge on any atom is -0.487 e. The highest BCUT2D eigenvalue weighted by Gasteiger charge is 2.22. The van der Waals surface area contributed by atoms with E-state index in [-0.39, 0.29) is 24.1 Å². The fraction of sp³-hybridized carbons (Fsp3) is 0.235. The lowest BCUT2D eigenvalue weighted by atomic mass is 10.2. The molecule has 2 aromatic rings. The van der Waals surface area contributed by atoms with Crippen molar-refractivity contribution in [3.05, 3.63) is 53.8 Å². The van der Waals surface area contributed by atoms with Crippen LogP contribution in [0, 0.1) is 5.82 Å². The number of hydrogen-bond acceptors (Lipinski definition) is 3. The van der Waals surface area contributed by atoms with Crippen molar-refractivity contribution in [3.63, 3.8) is 0 Å². The molecule has 0 atom stereocenters. The normalized spacial score (nSPS) is 13.8. The van der Waals surface area contributed by atoms with Gasteiger partial charge in [0.1, 0.15) is 18.2 Å². The summed E-state index contributed by atoms with van der Waals surface area (Å²) in [6.45, 7) is 1.04. The molecule has 1 saturated heterocycles. The summed E-state index contributed by atoms with van der Waals surface area (Å²) in [5.74, 6) is 0.405. The third-order valence-electron chi connectivity index (χ3n) is 3.69. The molecule has 1 heterocycles. The Labute approximate surface area is 140 Å². The second kappa shape index (κ2) is 7.33. The second-order valence-corrected chi connectivity index (χ2v) is 5.29. The molecule has 2 N–H and O–H groups in total. The lowest BCUT2D eigenvalue weighted by Crippen LogP contribution is -2.23. The fourth-order valence-corrected chi connectivity index (χ4v) is 2.50. The van der Waals surface area contributed by atoms with Crippen LogP contribution in [0.2, 0.25) is 0 Å². The molecule has 0 spiro atoms. The van der Waals surface area contributed by atoms with Crippen LogP contribution in [0.4, 0.5) is 15.8 Å². The van der Waals surface area contributed by atoms with Gasteiger partial charge in [-0.05, 0) is 42.3 Å². The van der Waals surface area contributed by atoms with Crippen LogP contribution in [0.1, 0.15) is 18.4 Å². The zero-order valence-electron chi connectivity index (χ0n) is 12.5. The number of carbonyl (C=O) groups excluding carboxylic acids is 1. The maximum atomic E-state index is 12.8. The molecule has 1 amide bonds. The summed E-state index contributed by atoms with van der Waals surface area (Å²) in [5, 5.41) is 0. The first-order valence-electron chi connectivity index (χ1n) is 7.20. The maximum absolute atomic E-state index is 12.8. The van der Waals surface area contributed by atoms with Crippen LogP contribution in [-0.4, -0.2) is 12.5 Å². The zero-order valence-corrected chi connectivity index (χ0v) is 13.3. The van der Waals surface area contributed by atoms with Crippen molar-refractivity contribution in [1.29, 1.82) is 0 Å². The first-order chi connectivity index (χ1) is 10.6. The Morgan fingerprint density at radius 1 is 1.17 bits per heavy atom. The number of carbonyl (C=O) groups is 1. The Kier molecular flexibility index (Phi) is 5.45. The molecule has 0 saturated carbocycles. The van der Waals surface area contributed by atoms with E-state index < -0.39 is 0 Å². The third-order valence-corrected chi connectivity index (χ3v) is 3.69. The second-order valence-electron chi connectivity index (χ2n) is 5.29. The van der Waals surface area contributed by atoms with Gasteiger partial charge in [-0.15, -0.1) is 12.4 Å². The van der Waals surface area contributed by atoms with Gasteiger partial charge < -0.3 is 15.4 Å². The van der Waals surface area contributed by atoms with Crippen molar-refractivity contribution in [2.75, 3.05) is 17.2 Å². The van der Waals surface area contributed by atoms with E-state index in [0.29, 0.717) is 24.5 Å². The van der Waals surface area contributed by atoms with E-state index in [1.54, 1.807) is 29.2 Å². The molecule has 3 rings (SSSR count). The number of nitrogens with zero attached hydrogens (tertiary/aromatic N) is 1. The summed E-state index contributed by atoms with van der Waals surface area (Å²) in [5.41, 5.74) is 8.15. The van der Waals surface area contributed by atoms with Crippen LogP contribution in [0.25, 0.3) is 0 Å². The molecule has 6 heteroatoms. The standard InChI is InChI=1S/C17H17FN2O2.ClH/c18-13-5-3-12(4-6-13)11-22-16-8-7-14(10-15(16)19)20-9-1-2-17(20)21;/h3-8,10H,1-2,9,11,19H2;1H. The van der Waals surface area contributed by atoms with Crippen LogP contribution in [0.3, 0.4) is 0 Å². The van der Waals surface area contributed by atoms with Crippen molar-refractivity contribution in [2.45, 2.75) is 19.4 Å². The number of amides is 1. The summed E-state index contributed by atoms with van der Waals surface area (Å²) in [7, 11) is 0. The third kappa shape index (κ3) is 3.93. The van der Waals surface area contributed by atoms with Gasteiger partial charge in [-0.2, -0.15) is 0 Å². The van der Waals surface area contributed by atoms with Gasteiger partial charge in [0.05, 0.1) is 5.69 Å². The first kappa shape index (κ1) is 17.1. The number of benzene rings is 2. The van der Waals surface area contributed by atoms with Gasteiger partial charge in [-0.25, -0.2) is 4.39 Å². The minimum absolute atomic E-state index is 0. The molecule has 0 bridgehead atoms. The lowest BCUT2D eigenvalue weighted by molar-refractivity contribution is -0.117. The molecule has 1 aliphatic rings. The van der Waals surface area contributed by atoms with Crippen molar-refractivity contribution in [2.24, 2.45) is 0 Å². The SMILES string of the molecule is Cl.Nc1cc(N2CCCC2=O)ccc1OCc1ccc(F)cc1. The number of ether oxygens (including phenoxy) is 1. The topological polar surface area (TPSA) is 55.6 Å². The van der Waals surface area contributed by atoms with Crippen molar-refractivity contribution < 1.29 is 13.9 Å². The Morgan fingerprint density at radius 3 is 2.52 bits per heavy atom. The Morgan fingerprint density at radius 2 is 1.91 bits per heavy atom. The predicted molar refractivity (Wildman–Crippen MR) is 90.4 cm³/mol. The van der Waals surface area contributed by atoms with E-state index in [0.717, 1.165) is 24.2 Å². The number of halogens is 2. The molecular formula is C17H18ClFN2O2. The quantitative estimate of drug-likeness (QED) is 0.869. The van der Waals surface area contributed by atoms with Crippen LogP contribution in [0.15, 0.2) is 42.5 Å². The zero-order chi connectivity index (χ0) is 15.5. The van der Waals surface area contributed by atoms with E-state index >= 15 is 0 Å². The first-order valence-corrected chi connectivity index (χ1v) is 7.20. The molecule has 122 valence electrons. The molecule has 1 aliphatic heterocycles. The lowest BCUT2D eigenvalue weighted by Gasteiger charge is -2.17. The van der Waals surface area contributed by atoms with Crippen LogP contribution < -0.4 is 15.4 Å². The summed E-state index contributed by atoms with van der Waals surface area (Å²) in [4.78, 5) is 13.5. The number of nitrogens with two attached hydrogens (primary N) is 1. The number of anilines is 2. The fourth-order valence-electron chi connectivity index (χ4n) is 2.50. The van der Waals surface area contributed by atoms with E-state index in [2.05, 4.69) is 0 Å². The Hall–Kier alpha value is -2.27. The van der Waals surface area contributed by atoms with Crippen LogP contribution in [0.5, 0.6) is 5.75 Å². The highest BCUT2D eigenvalue weighted by Crippen LogP contribution is 2.30. The van der Waals surface area contributed by atoms with Crippen LogP contribution in [-0.2, 0) is 11.4 Å². The Bertz CT molecular complexity index is 691. The highest BCUT2D eigenvalue weighted by molar-refractivity contribution is 5.95. The van der Waals surface area contributed by atoms with E-state index in [1.165, 1.54) is 12.1 Å². The average Bonchev–Trinajstić information content (AvgIpc) is 2.94. The smallest absolute Gasteiger partial charge is 0.227 e. The minimum atomic E-state index is -0.275. The van der Waals surface area contributed by atoms with Crippen molar-refractivity contribution >= 4 is 29.7 Å². The van der Waals surface area contributed by atoms with E-state index in [1.807, 2.05) is 6.07 Å². The van der Waals surface area contributed by atoms with E-state index in [4.69, 9.17) is 10.5 Å². The van der Waals surface area contributed by atoms with Crippen molar-refractivity contribution in [1.82, 2.24) is 0 Å². The van der Waals surface area contributed by atoms with Gasteiger partial charge in [0.15, 0.2) is 0 Å². The van der Waals surface area contributed by atoms with Gasteiger partial charge in [0.2, 0.25) is 5.91 Å². The van der Waals surface area contributed by atoms with Gasteiger partial charge in [-0.3, -0.25) is 4.79 Å². The largest absolute Gasteiger partial charge is 0.487 e. The molecule has 0 unspecified atom stereocenters. The molecule has 0 radical (unpaired) electrons. The Balaban J connectivity index is 0.00000192. The molecule has 1 fully saturated rings. The monoisotopic (exact) mass is 336 g/mol. The average molecular weight is 337 g/mol. The summed E-state index contributed by atoms with van der Waals surface area (Å²) in [6, 6.07) is 11.5. The molecule has 23 heavy (non-hydrogen) atoms. The van der Waals surface area contributed by atoms with Gasteiger partial charge in [0.25, 0.3) is 0 Å². The van der Waals surface area contributed by atoms with Gasteiger partial charge >= 0.3 is 0 Å².